The number of likely N-dealkylation sites (tertiary alicyclic amines) is 1. The van der Waals surface area contributed by atoms with Crippen molar-refractivity contribution in [3.05, 3.63) is 35.6 Å². The van der Waals surface area contributed by atoms with Crippen molar-refractivity contribution in [3.63, 3.8) is 0 Å². The van der Waals surface area contributed by atoms with E-state index in [9.17, 15) is 17.6 Å². The van der Waals surface area contributed by atoms with E-state index < -0.39 is 9.84 Å². The van der Waals surface area contributed by atoms with Gasteiger partial charge in [0.15, 0.2) is 0 Å². The minimum absolute atomic E-state index is 0.0818. The maximum Gasteiger partial charge on any atom is 0.317 e. The Morgan fingerprint density at radius 2 is 2.18 bits per heavy atom. The average molecular weight is 328 g/mol. The number of hydrogen-bond acceptors (Lipinski definition) is 3. The van der Waals surface area contributed by atoms with E-state index in [1.54, 1.807) is 11.0 Å². The number of amides is 2. The Kier molecular flexibility index (Phi) is 5.05. The van der Waals surface area contributed by atoms with Gasteiger partial charge in [0.1, 0.15) is 15.7 Å². The predicted octanol–water partition coefficient (Wildman–Crippen LogP) is 1.96. The molecule has 1 N–H and O–H groups in total. The van der Waals surface area contributed by atoms with Crippen LogP contribution < -0.4 is 5.32 Å². The van der Waals surface area contributed by atoms with Crippen molar-refractivity contribution in [2.24, 2.45) is 5.92 Å². The molecular formula is C15H21FN2O3S. The molecular weight excluding hydrogens is 307 g/mol. The van der Waals surface area contributed by atoms with Gasteiger partial charge < -0.3 is 10.2 Å². The van der Waals surface area contributed by atoms with Crippen LogP contribution >= 0.6 is 0 Å². The van der Waals surface area contributed by atoms with Gasteiger partial charge in [-0.05, 0) is 30.0 Å². The molecule has 2 atom stereocenters. The molecule has 1 heterocycles. The second-order valence-electron chi connectivity index (χ2n) is 5.93. The van der Waals surface area contributed by atoms with Crippen LogP contribution in [-0.4, -0.2) is 44.4 Å². The Morgan fingerprint density at radius 1 is 1.45 bits per heavy atom. The molecule has 1 aromatic rings. The van der Waals surface area contributed by atoms with Crippen LogP contribution in [0.15, 0.2) is 24.3 Å². The van der Waals surface area contributed by atoms with E-state index in [2.05, 4.69) is 5.32 Å². The minimum Gasteiger partial charge on any atom is -0.337 e. The minimum atomic E-state index is -3.11. The first-order chi connectivity index (χ1) is 10.3. The monoisotopic (exact) mass is 328 g/mol. The van der Waals surface area contributed by atoms with Gasteiger partial charge in [-0.2, -0.15) is 0 Å². The summed E-state index contributed by atoms with van der Waals surface area (Å²) in [6.07, 6.45) is 1.90. The fourth-order valence-electron chi connectivity index (χ4n) is 2.75. The summed E-state index contributed by atoms with van der Waals surface area (Å²) in [6, 6.07) is 5.78. The summed E-state index contributed by atoms with van der Waals surface area (Å²) in [5.41, 5.74) is 0.766. The van der Waals surface area contributed by atoms with Crippen LogP contribution in [0.2, 0.25) is 0 Å². The summed E-state index contributed by atoms with van der Waals surface area (Å²) in [7, 11) is -3.11. The first-order valence-corrected chi connectivity index (χ1v) is 9.30. The summed E-state index contributed by atoms with van der Waals surface area (Å²) in [5.74, 6) is -0.101. The maximum absolute atomic E-state index is 13.4. The third kappa shape index (κ3) is 4.43. The molecule has 22 heavy (non-hydrogen) atoms. The number of benzene rings is 1. The second kappa shape index (κ2) is 6.64. The smallest absolute Gasteiger partial charge is 0.317 e. The number of nitrogens with one attached hydrogen (secondary N) is 1. The molecule has 0 aliphatic carbocycles. The highest BCUT2D eigenvalue weighted by molar-refractivity contribution is 7.90. The quantitative estimate of drug-likeness (QED) is 0.919. The molecule has 0 bridgehead atoms. The molecule has 1 fully saturated rings. The number of carbonyl (C=O) groups excluding carboxylic acids is 1. The molecule has 5 nitrogen and oxygen atoms in total. The van der Waals surface area contributed by atoms with Gasteiger partial charge in [-0.25, -0.2) is 17.6 Å². The van der Waals surface area contributed by atoms with Crippen LogP contribution in [0.25, 0.3) is 0 Å². The van der Waals surface area contributed by atoms with E-state index in [0.29, 0.717) is 12.5 Å². The largest absolute Gasteiger partial charge is 0.337 e. The van der Waals surface area contributed by atoms with Crippen LogP contribution in [0.5, 0.6) is 0 Å². The first-order valence-electron chi connectivity index (χ1n) is 7.24. The highest BCUT2D eigenvalue weighted by Gasteiger charge is 2.34. The third-order valence-electron chi connectivity index (χ3n) is 3.75. The Labute approximate surface area is 130 Å². The zero-order valence-corrected chi connectivity index (χ0v) is 13.6. The highest BCUT2D eigenvalue weighted by Crippen LogP contribution is 2.35. The van der Waals surface area contributed by atoms with Crippen molar-refractivity contribution in [1.29, 1.82) is 0 Å². The molecule has 1 aliphatic rings. The molecule has 0 radical (unpaired) electrons. The molecule has 1 aromatic carbocycles. The fraction of sp³-hybridized carbons (Fsp3) is 0.533. The summed E-state index contributed by atoms with van der Waals surface area (Å²) in [4.78, 5) is 13.9. The van der Waals surface area contributed by atoms with Gasteiger partial charge in [-0.3, -0.25) is 0 Å². The molecule has 7 heteroatoms. The molecule has 0 spiro atoms. The molecule has 1 saturated heterocycles. The third-order valence-corrected chi connectivity index (χ3v) is 4.70. The number of carbonyl (C=O) groups is 1. The van der Waals surface area contributed by atoms with Gasteiger partial charge in [-0.15, -0.1) is 0 Å². The predicted molar refractivity (Wildman–Crippen MR) is 82.7 cm³/mol. The fourth-order valence-corrected chi connectivity index (χ4v) is 3.22. The molecule has 0 saturated carbocycles. The Hall–Kier alpha value is -1.63. The topological polar surface area (TPSA) is 66.5 Å². The van der Waals surface area contributed by atoms with Crippen molar-refractivity contribution in [2.45, 2.75) is 19.4 Å². The summed E-state index contributed by atoms with van der Waals surface area (Å²) < 4.78 is 35.6. The normalized spacial score (nSPS) is 21.9. The lowest BCUT2D eigenvalue weighted by molar-refractivity contribution is 0.192. The van der Waals surface area contributed by atoms with Gasteiger partial charge in [0.05, 0.1) is 11.8 Å². The van der Waals surface area contributed by atoms with Gasteiger partial charge in [-0.1, -0.05) is 19.1 Å². The van der Waals surface area contributed by atoms with Crippen molar-refractivity contribution in [1.82, 2.24) is 10.2 Å². The van der Waals surface area contributed by atoms with Crippen LogP contribution in [0.3, 0.4) is 0 Å². The van der Waals surface area contributed by atoms with Gasteiger partial charge in [0.2, 0.25) is 0 Å². The number of sulfone groups is 1. The van der Waals surface area contributed by atoms with Crippen LogP contribution in [0, 0.1) is 11.7 Å². The standard InChI is InChI=1S/C15H21FN2O3S/c1-11-8-14(12-4-3-5-13(16)9-12)18(10-11)15(19)17-6-7-22(2,20)21/h3-5,9,11,14H,6-8,10H2,1-2H3,(H,17,19)/t11-,14+/m1/s1. The molecule has 0 aromatic heterocycles. The van der Waals surface area contributed by atoms with Crippen LogP contribution in [0.4, 0.5) is 9.18 Å². The van der Waals surface area contributed by atoms with Gasteiger partial charge in [0, 0.05) is 19.3 Å². The summed E-state index contributed by atoms with van der Waals surface area (Å²) >= 11 is 0. The molecule has 122 valence electrons. The Balaban J connectivity index is 2.06. The average Bonchev–Trinajstić information content (AvgIpc) is 2.79. The van der Waals surface area contributed by atoms with Crippen molar-refractivity contribution in [2.75, 3.05) is 25.1 Å². The molecule has 0 unspecified atom stereocenters. The lowest BCUT2D eigenvalue weighted by atomic mass is 10.0. The van der Waals surface area contributed by atoms with Crippen LogP contribution in [0.1, 0.15) is 24.9 Å². The lowest BCUT2D eigenvalue weighted by Gasteiger charge is -2.25. The van der Waals surface area contributed by atoms with Crippen molar-refractivity contribution >= 4 is 15.9 Å². The summed E-state index contributed by atoms with van der Waals surface area (Å²) in [6.45, 7) is 2.69. The van der Waals surface area contributed by atoms with Crippen molar-refractivity contribution < 1.29 is 17.6 Å². The van der Waals surface area contributed by atoms with E-state index in [-0.39, 0.29) is 30.2 Å². The van der Waals surface area contributed by atoms with Gasteiger partial charge in [0.25, 0.3) is 0 Å². The molecule has 2 amide bonds. The SMILES string of the molecule is C[C@@H]1C[C@@H](c2cccc(F)c2)N(C(=O)NCCS(C)(=O)=O)C1. The Bertz CT molecular complexity index is 648. The van der Waals surface area contributed by atoms with Crippen molar-refractivity contribution in [3.8, 4) is 0 Å². The molecule has 2 rings (SSSR count). The lowest BCUT2D eigenvalue weighted by Crippen LogP contribution is -2.41. The van der Waals surface area contributed by atoms with E-state index in [1.165, 1.54) is 12.1 Å². The number of urea groups is 1. The zero-order chi connectivity index (χ0) is 16.3. The van der Waals surface area contributed by atoms with E-state index in [1.807, 2.05) is 13.0 Å². The highest BCUT2D eigenvalue weighted by atomic mass is 32.2. The van der Waals surface area contributed by atoms with E-state index in [4.69, 9.17) is 0 Å². The first kappa shape index (κ1) is 16.7. The van der Waals surface area contributed by atoms with Gasteiger partial charge >= 0.3 is 6.03 Å². The number of halogens is 1. The van der Waals surface area contributed by atoms with E-state index in [0.717, 1.165) is 18.2 Å². The number of nitrogens with zero attached hydrogens (tertiary/aromatic N) is 1. The Morgan fingerprint density at radius 3 is 2.82 bits per heavy atom. The zero-order valence-electron chi connectivity index (χ0n) is 12.8. The number of rotatable bonds is 4. The van der Waals surface area contributed by atoms with E-state index >= 15 is 0 Å². The van der Waals surface area contributed by atoms with Crippen LogP contribution in [-0.2, 0) is 9.84 Å². The maximum atomic E-state index is 13.4. The molecule has 1 aliphatic heterocycles. The second-order valence-corrected chi connectivity index (χ2v) is 8.19. The summed E-state index contributed by atoms with van der Waals surface area (Å²) in [5, 5.41) is 2.63. The number of hydrogen-bond donors (Lipinski definition) is 1.